The molecule has 0 unspecified atom stereocenters. The third kappa shape index (κ3) is 2.12. The molecule has 3 heteroatoms. The summed E-state index contributed by atoms with van der Waals surface area (Å²) in [5, 5.41) is 4.41. The highest BCUT2D eigenvalue weighted by Crippen LogP contribution is 2.21. The van der Waals surface area contributed by atoms with Gasteiger partial charge in [0.25, 0.3) is 0 Å². The monoisotopic (exact) mass is 264 g/mol. The van der Waals surface area contributed by atoms with E-state index in [1.807, 2.05) is 17.8 Å². The van der Waals surface area contributed by atoms with Crippen molar-refractivity contribution in [2.75, 3.05) is 0 Å². The Hall–Kier alpha value is -1.09. The third-order valence-corrected chi connectivity index (χ3v) is 3.22. The van der Waals surface area contributed by atoms with Crippen LogP contribution in [0.4, 0.5) is 0 Å². The molecule has 0 bridgehead atoms. The van der Waals surface area contributed by atoms with Gasteiger partial charge < -0.3 is 0 Å². The molecule has 0 radical (unpaired) electrons. The van der Waals surface area contributed by atoms with Gasteiger partial charge in [-0.05, 0) is 34.0 Å². The van der Waals surface area contributed by atoms with Crippen molar-refractivity contribution < 1.29 is 0 Å². The van der Waals surface area contributed by atoms with Crippen LogP contribution in [0.15, 0.2) is 34.9 Å². The predicted octanol–water partition coefficient (Wildman–Crippen LogP) is 3.41. The molecule has 0 amide bonds. The smallest absolute Gasteiger partial charge is 0.104 e. The highest BCUT2D eigenvalue weighted by Gasteiger charge is 2.04. The second-order valence-electron chi connectivity index (χ2n) is 3.53. The molecule has 78 valence electrons. The minimum Gasteiger partial charge on any atom is -0.261 e. The predicted molar refractivity (Wildman–Crippen MR) is 65.7 cm³/mol. The number of hydrogen-bond donors (Lipinski definition) is 0. The van der Waals surface area contributed by atoms with Gasteiger partial charge in [-0.1, -0.05) is 31.2 Å². The number of hydrogen-bond acceptors (Lipinski definition) is 1. The summed E-state index contributed by atoms with van der Waals surface area (Å²) in [6, 6.07) is 10.6. The van der Waals surface area contributed by atoms with Crippen molar-refractivity contribution in [1.82, 2.24) is 9.78 Å². The second-order valence-corrected chi connectivity index (χ2v) is 4.34. The van der Waals surface area contributed by atoms with Crippen LogP contribution in [0.25, 0.3) is 11.3 Å². The van der Waals surface area contributed by atoms with Crippen molar-refractivity contribution in [3.63, 3.8) is 0 Å². The van der Waals surface area contributed by atoms with Crippen molar-refractivity contribution in [1.29, 1.82) is 0 Å². The van der Waals surface area contributed by atoms with Crippen LogP contribution < -0.4 is 0 Å². The van der Waals surface area contributed by atoms with Gasteiger partial charge in [0.1, 0.15) is 4.60 Å². The average Bonchev–Trinajstić information content (AvgIpc) is 2.59. The largest absolute Gasteiger partial charge is 0.261 e. The minimum atomic E-state index is 0.997. The van der Waals surface area contributed by atoms with Gasteiger partial charge in [0, 0.05) is 12.6 Å². The summed E-state index contributed by atoms with van der Waals surface area (Å²) in [7, 11) is 1.92. The maximum atomic E-state index is 4.41. The molecule has 1 aromatic carbocycles. The molecule has 0 saturated carbocycles. The van der Waals surface area contributed by atoms with Crippen molar-refractivity contribution in [3.8, 4) is 11.3 Å². The number of halogens is 1. The lowest BCUT2D eigenvalue weighted by atomic mass is 10.1. The molecule has 2 aromatic rings. The first-order valence-electron chi connectivity index (χ1n) is 4.99. The van der Waals surface area contributed by atoms with E-state index in [1.165, 1.54) is 5.56 Å². The van der Waals surface area contributed by atoms with Crippen LogP contribution in [0.5, 0.6) is 0 Å². The lowest BCUT2D eigenvalue weighted by Gasteiger charge is -1.98. The van der Waals surface area contributed by atoms with Crippen LogP contribution in [-0.4, -0.2) is 9.78 Å². The maximum Gasteiger partial charge on any atom is 0.104 e. The van der Waals surface area contributed by atoms with Crippen molar-refractivity contribution >= 4 is 15.9 Å². The molecular formula is C12H13BrN2. The van der Waals surface area contributed by atoms with Crippen LogP contribution in [0.3, 0.4) is 0 Å². The summed E-state index contributed by atoms with van der Waals surface area (Å²) in [6.07, 6.45) is 1.08. The molecule has 1 heterocycles. The lowest BCUT2D eigenvalue weighted by Crippen LogP contribution is -1.90. The summed E-state index contributed by atoms with van der Waals surface area (Å²) >= 11 is 3.44. The Morgan fingerprint density at radius 2 is 1.93 bits per heavy atom. The number of aryl methyl sites for hydroxylation is 2. The van der Waals surface area contributed by atoms with E-state index in [9.17, 15) is 0 Å². The van der Waals surface area contributed by atoms with Gasteiger partial charge >= 0.3 is 0 Å². The third-order valence-electron chi connectivity index (χ3n) is 2.48. The summed E-state index contributed by atoms with van der Waals surface area (Å²) in [5.74, 6) is 0. The van der Waals surface area contributed by atoms with E-state index >= 15 is 0 Å². The Labute approximate surface area is 98.1 Å². The van der Waals surface area contributed by atoms with E-state index in [0.29, 0.717) is 0 Å². The van der Waals surface area contributed by atoms with Crippen LogP contribution in [-0.2, 0) is 13.5 Å². The van der Waals surface area contributed by atoms with Crippen LogP contribution in [0, 0.1) is 0 Å². The first-order valence-corrected chi connectivity index (χ1v) is 5.79. The maximum absolute atomic E-state index is 4.41. The summed E-state index contributed by atoms with van der Waals surface area (Å²) in [5.41, 5.74) is 3.52. The topological polar surface area (TPSA) is 17.8 Å². The second kappa shape index (κ2) is 4.19. The van der Waals surface area contributed by atoms with Gasteiger partial charge in [0.2, 0.25) is 0 Å². The van der Waals surface area contributed by atoms with Crippen LogP contribution in [0.1, 0.15) is 12.5 Å². The quantitative estimate of drug-likeness (QED) is 0.813. The van der Waals surface area contributed by atoms with Gasteiger partial charge in [-0.15, -0.1) is 0 Å². The fourth-order valence-corrected chi connectivity index (χ4v) is 1.79. The van der Waals surface area contributed by atoms with Gasteiger partial charge in [-0.2, -0.15) is 5.10 Å². The molecular weight excluding hydrogens is 252 g/mol. The minimum absolute atomic E-state index is 0.997. The molecule has 2 nitrogen and oxygen atoms in total. The highest BCUT2D eigenvalue weighted by molar-refractivity contribution is 9.10. The van der Waals surface area contributed by atoms with Crippen LogP contribution >= 0.6 is 15.9 Å². The molecule has 0 aliphatic rings. The Kier molecular flexibility index (Phi) is 2.91. The average molecular weight is 265 g/mol. The Morgan fingerprint density at radius 1 is 1.27 bits per heavy atom. The zero-order valence-corrected chi connectivity index (χ0v) is 10.5. The number of nitrogens with zero attached hydrogens (tertiary/aromatic N) is 2. The van der Waals surface area contributed by atoms with Gasteiger partial charge in [0.05, 0.1) is 5.69 Å². The fraction of sp³-hybridized carbons (Fsp3) is 0.250. The summed E-state index contributed by atoms with van der Waals surface area (Å²) < 4.78 is 2.82. The Morgan fingerprint density at radius 3 is 2.40 bits per heavy atom. The van der Waals surface area contributed by atoms with E-state index in [4.69, 9.17) is 0 Å². The van der Waals surface area contributed by atoms with Crippen molar-refractivity contribution in [3.05, 3.63) is 40.5 Å². The van der Waals surface area contributed by atoms with Crippen LogP contribution in [0.2, 0.25) is 0 Å². The van der Waals surface area contributed by atoms with Gasteiger partial charge in [-0.25, -0.2) is 0 Å². The first kappa shape index (κ1) is 10.4. The molecule has 1 aromatic heterocycles. The summed E-state index contributed by atoms with van der Waals surface area (Å²) in [6.45, 7) is 2.16. The molecule has 0 atom stereocenters. The number of aromatic nitrogens is 2. The molecule has 0 spiro atoms. The molecule has 0 saturated heterocycles. The Balaban J connectivity index is 2.37. The SMILES string of the molecule is CCc1ccc(-c2cc(Br)n(C)n2)cc1. The molecule has 2 rings (SSSR count). The van der Waals surface area contributed by atoms with E-state index < -0.39 is 0 Å². The van der Waals surface area contributed by atoms with Gasteiger partial charge in [0.15, 0.2) is 0 Å². The number of rotatable bonds is 2. The zero-order valence-electron chi connectivity index (χ0n) is 8.87. The molecule has 0 fully saturated rings. The summed E-state index contributed by atoms with van der Waals surface area (Å²) in [4.78, 5) is 0. The lowest BCUT2D eigenvalue weighted by molar-refractivity contribution is 0.752. The fourth-order valence-electron chi connectivity index (χ4n) is 1.50. The van der Waals surface area contributed by atoms with E-state index in [-0.39, 0.29) is 0 Å². The Bertz CT molecular complexity index is 437. The van der Waals surface area contributed by atoms with Crippen molar-refractivity contribution in [2.24, 2.45) is 7.05 Å². The molecule has 0 N–H and O–H groups in total. The standard InChI is InChI=1S/C12H13BrN2/c1-3-9-4-6-10(7-5-9)11-8-12(13)15(2)14-11/h4-8H,3H2,1-2H3. The van der Waals surface area contributed by atoms with E-state index in [2.05, 4.69) is 52.2 Å². The highest BCUT2D eigenvalue weighted by atomic mass is 79.9. The molecule has 15 heavy (non-hydrogen) atoms. The molecule has 0 aliphatic carbocycles. The van der Waals surface area contributed by atoms with Crippen molar-refractivity contribution in [2.45, 2.75) is 13.3 Å². The van der Waals surface area contributed by atoms with E-state index in [0.717, 1.165) is 22.3 Å². The van der Waals surface area contributed by atoms with Gasteiger partial charge in [-0.3, -0.25) is 4.68 Å². The molecule has 0 aliphatic heterocycles. The normalized spacial score (nSPS) is 10.6. The zero-order chi connectivity index (χ0) is 10.8. The van der Waals surface area contributed by atoms with E-state index in [1.54, 1.807) is 0 Å². The number of benzene rings is 1. The first-order chi connectivity index (χ1) is 7.20.